The lowest BCUT2D eigenvalue weighted by atomic mass is 10.1. The fraction of sp³-hybridized carbons (Fsp3) is 0.316. The van der Waals surface area contributed by atoms with E-state index in [0.29, 0.717) is 19.1 Å². The molecule has 7 heteroatoms. The van der Waals surface area contributed by atoms with Crippen LogP contribution in [0.2, 0.25) is 0 Å². The average molecular weight is 354 g/mol. The molecule has 1 amide bonds. The van der Waals surface area contributed by atoms with Gasteiger partial charge in [0.05, 0.1) is 0 Å². The molecular formula is C19H19FN4O2. The number of rotatable bonds is 3. The van der Waals surface area contributed by atoms with Gasteiger partial charge in [-0.05, 0) is 43.5 Å². The molecule has 3 aromatic rings. The molecule has 1 N–H and O–H groups in total. The van der Waals surface area contributed by atoms with E-state index in [0.717, 1.165) is 29.5 Å². The quantitative estimate of drug-likeness (QED) is 0.781. The number of pyridine rings is 1. The van der Waals surface area contributed by atoms with Gasteiger partial charge in [0.15, 0.2) is 17.1 Å². The fourth-order valence-electron chi connectivity index (χ4n) is 3.30. The maximum absolute atomic E-state index is 13.8. The van der Waals surface area contributed by atoms with E-state index < -0.39 is 5.82 Å². The molecule has 0 radical (unpaired) electrons. The number of benzene rings is 1. The number of nitrogens with one attached hydrogen (secondary N) is 1. The highest BCUT2D eigenvalue weighted by atomic mass is 19.1. The molecule has 1 fully saturated rings. The van der Waals surface area contributed by atoms with Crippen LogP contribution in [0.4, 0.5) is 10.4 Å². The van der Waals surface area contributed by atoms with Crippen LogP contribution in [-0.2, 0) is 0 Å². The molecule has 1 atom stereocenters. The first-order valence-corrected chi connectivity index (χ1v) is 8.64. The van der Waals surface area contributed by atoms with Gasteiger partial charge in [-0.3, -0.25) is 4.79 Å². The van der Waals surface area contributed by atoms with E-state index in [9.17, 15) is 9.18 Å². The molecule has 0 spiro atoms. The topological polar surface area (TPSA) is 71.3 Å². The molecule has 2 aromatic heterocycles. The van der Waals surface area contributed by atoms with Crippen LogP contribution in [0.3, 0.4) is 0 Å². The number of carbonyl (C=O) groups excluding carboxylic acids is 1. The smallest absolute Gasteiger partial charge is 0.295 e. The first-order chi connectivity index (χ1) is 12.6. The Balaban J connectivity index is 1.49. The lowest BCUT2D eigenvalue weighted by Gasteiger charge is -2.32. The molecule has 134 valence electrons. The van der Waals surface area contributed by atoms with E-state index in [-0.39, 0.29) is 17.6 Å². The zero-order valence-electron chi connectivity index (χ0n) is 14.4. The van der Waals surface area contributed by atoms with Gasteiger partial charge in [0, 0.05) is 25.3 Å². The van der Waals surface area contributed by atoms with Crippen molar-refractivity contribution < 1.29 is 13.6 Å². The van der Waals surface area contributed by atoms with Crippen molar-refractivity contribution in [3.63, 3.8) is 0 Å². The monoisotopic (exact) mass is 354 g/mol. The number of aromatic nitrogens is 2. The van der Waals surface area contributed by atoms with Crippen molar-refractivity contribution in [3.05, 3.63) is 53.6 Å². The van der Waals surface area contributed by atoms with Crippen LogP contribution >= 0.6 is 0 Å². The molecule has 0 saturated carbocycles. The maximum atomic E-state index is 13.8. The molecule has 0 unspecified atom stereocenters. The number of carbonyl (C=O) groups is 1. The number of aryl methyl sites for hydroxylation is 1. The van der Waals surface area contributed by atoms with E-state index in [4.69, 9.17) is 4.42 Å². The number of piperidine rings is 1. The lowest BCUT2D eigenvalue weighted by Crippen LogP contribution is -2.45. The van der Waals surface area contributed by atoms with Gasteiger partial charge >= 0.3 is 0 Å². The molecule has 1 aromatic carbocycles. The molecular weight excluding hydrogens is 335 g/mol. The van der Waals surface area contributed by atoms with E-state index in [2.05, 4.69) is 15.3 Å². The number of hydrogen-bond acceptors (Lipinski definition) is 5. The minimum absolute atomic E-state index is 0.00663. The first-order valence-electron chi connectivity index (χ1n) is 8.64. The largest absolute Gasteiger partial charge is 0.423 e. The van der Waals surface area contributed by atoms with Crippen LogP contribution in [0.15, 0.2) is 40.9 Å². The summed E-state index contributed by atoms with van der Waals surface area (Å²) < 4.78 is 19.6. The second kappa shape index (κ2) is 6.74. The predicted octanol–water partition coefficient (Wildman–Crippen LogP) is 3.39. The van der Waals surface area contributed by atoms with Gasteiger partial charge in [-0.15, -0.1) is 0 Å². The minimum atomic E-state index is -0.595. The minimum Gasteiger partial charge on any atom is -0.423 e. The van der Waals surface area contributed by atoms with Gasteiger partial charge in [0.2, 0.25) is 0 Å². The van der Waals surface area contributed by atoms with Crippen molar-refractivity contribution in [2.75, 3.05) is 18.4 Å². The number of oxazole rings is 1. The molecule has 6 nitrogen and oxygen atoms in total. The number of likely N-dealkylation sites (tertiary alicyclic amines) is 1. The second-order valence-corrected chi connectivity index (χ2v) is 6.51. The van der Waals surface area contributed by atoms with E-state index >= 15 is 0 Å². The van der Waals surface area contributed by atoms with Crippen molar-refractivity contribution in [2.45, 2.75) is 25.8 Å². The Morgan fingerprint density at radius 1 is 1.35 bits per heavy atom. The molecule has 3 heterocycles. The Kier molecular flexibility index (Phi) is 4.28. The summed E-state index contributed by atoms with van der Waals surface area (Å²) in [4.78, 5) is 22.5. The third-order valence-corrected chi connectivity index (χ3v) is 4.61. The van der Waals surface area contributed by atoms with Gasteiger partial charge in [0.25, 0.3) is 11.9 Å². The van der Waals surface area contributed by atoms with Crippen LogP contribution < -0.4 is 5.32 Å². The molecule has 1 saturated heterocycles. The maximum Gasteiger partial charge on any atom is 0.295 e. The third kappa shape index (κ3) is 3.12. The molecule has 0 bridgehead atoms. The summed E-state index contributed by atoms with van der Waals surface area (Å²) in [5, 5.41) is 3.26. The average Bonchev–Trinajstić information content (AvgIpc) is 3.06. The van der Waals surface area contributed by atoms with Crippen LogP contribution in [-0.4, -0.2) is 39.9 Å². The number of hydrogen-bond donors (Lipinski definition) is 1. The van der Waals surface area contributed by atoms with Gasteiger partial charge in [-0.1, -0.05) is 12.1 Å². The number of nitrogens with zero attached hydrogens (tertiary/aromatic N) is 3. The molecule has 26 heavy (non-hydrogen) atoms. The van der Waals surface area contributed by atoms with Crippen LogP contribution in [0, 0.1) is 12.7 Å². The van der Waals surface area contributed by atoms with Crippen molar-refractivity contribution in [2.24, 2.45) is 0 Å². The number of halogens is 1. The Morgan fingerprint density at radius 3 is 3.04 bits per heavy atom. The van der Waals surface area contributed by atoms with Crippen molar-refractivity contribution in [3.8, 4) is 0 Å². The zero-order chi connectivity index (χ0) is 18.1. The van der Waals surface area contributed by atoms with Crippen molar-refractivity contribution in [1.29, 1.82) is 0 Å². The van der Waals surface area contributed by atoms with Crippen LogP contribution in [0.5, 0.6) is 0 Å². The van der Waals surface area contributed by atoms with Crippen LogP contribution in [0.25, 0.3) is 11.1 Å². The standard InChI is InChI=1S/C19H19FN4O2/c1-12-5-2-8-15-17(12)26-19(23-15)22-13-6-4-10-24(11-13)18(25)16-14(20)7-3-9-21-16/h2-3,5,7-9,13H,4,6,10-11H2,1H3,(H,22,23)/t13-/m1/s1. The number of fused-ring (bicyclic) bond motifs is 1. The second-order valence-electron chi connectivity index (χ2n) is 6.51. The lowest BCUT2D eigenvalue weighted by molar-refractivity contribution is 0.0703. The molecule has 4 rings (SSSR count). The Bertz CT molecular complexity index is 956. The highest BCUT2D eigenvalue weighted by molar-refractivity contribution is 5.92. The van der Waals surface area contributed by atoms with E-state index in [1.54, 1.807) is 4.90 Å². The summed E-state index contributed by atoms with van der Waals surface area (Å²) >= 11 is 0. The third-order valence-electron chi connectivity index (χ3n) is 4.61. The Hall–Kier alpha value is -2.96. The summed E-state index contributed by atoms with van der Waals surface area (Å²) in [6.45, 7) is 3.01. The summed E-state index contributed by atoms with van der Waals surface area (Å²) in [7, 11) is 0. The van der Waals surface area contributed by atoms with Gasteiger partial charge in [-0.25, -0.2) is 9.37 Å². The molecule has 1 aliphatic heterocycles. The van der Waals surface area contributed by atoms with Crippen molar-refractivity contribution in [1.82, 2.24) is 14.9 Å². The summed E-state index contributed by atoms with van der Waals surface area (Å²) in [6, 6.07) is 8.97. The van der Waals surface area contributed by atoms with E-state index in [1.165, 1.54) is 18.3 Å². The predicted molar refractivity (Wildman–Crippen MR) is 95.5 cm³/mol. The number of amides is 1. The fourth-order valence-corrected chi connectivity index (χ4v) is 3.30. The Morgan fingerprint density at radius 2 is 2.23 bits per heavy atom. The van der Waals surface area contributed by atoms with Gasteiger partial charge < -0.3 is 14.6 Å². The summed E-state index contributed by atoms with van der Waals surface area (Å²) in [5.74, 6) is -0.981. The zero-order valence-corrected chi connectivity index (χ0v) is 14.4. The normalized spacial score (nSPS) is 17.5. The molecule has 0 aliphatic carbocycles. The highest BCUT2D eigenvalue weighted by Gasteiger charge is 2.27. The first kappa shape index (κ1) is 16.5. The number of anilines is 1. The summed E-state index contributed by atoms with van der Waals surface area (Å²) in [6.07, 6.45) is 3.12. The SMILES string of the molecule is Cc1cccc2nc(N[C@@H]3CCCN(C(=O)c4ncccc4F)C3)oc12. The highest BCUT2D eigenvalue weighted by Crippen LogP contribution is 2.24. The van der Waals surface area contributed by atoms with Gasteiger partial charge in [-0.2, -0.15) is 4.98 Å². The number of para-hydroxylation sites is 1. The van der Waals surface area contributed by atoms with Crippen LogP contribution in [0.1, 0.15) is 28.9 Å². The van der Waals surface area contributed by atoms with E-state index in [1.807, 2.05) is 25.1 Å². The van der Waals surface area contributed by atoms with Crippen molar-refractivity contribution >= 4 is 23.0 Å². The Labute approximate surface area is 150 Å². The summed E-state index contributed by atoms with van der Waals surface area (Å²) in [5.41, 5.74) is 2.45. The van der Waals surface area contributed by atoms with Gasteiger partial charge in [0.1, 0.15) is 5.52 Å². The molecule has 1 aliphatic rings.